The molecule has 1 atom stereocenters. The molecule has 1 N–H and O–H groups in total. The molecule has 0 radical (unpaired) electrons. The third-order valence-corrected chi connectivity index (χ3v) is 2.92. The molecule has 17 heavy (non-hydrogen) atoms. The zero-order valence-corrected chi connectivity index (χ0v) is 10.5. The quantitative estimate of drug-likeness (QED) is 0.511. The molecule has 1 aromatic heterocycles. The number of nitrogens with zero attached hydrogens (tertiary/aromatic N) is 2. The number of halogens is 2. The Morgan fingerprint density at radius 1 is 1.35 bits per heavy atom. The third-order valence-electron chi connectivity index (χ3n) is 2.56. The first-order chi connectivity index (χ1) is 8.15. The lowest BCUT2D eigenvalue weighted by Gasteiger charge is -2.16. The van der Waals surface area contributed by atoms with E-state index < -0.39 is 0 Å². The largest absolute Gasteiger partial charge is 0.310 e. The van der Waals surface area contributed by atoms with Crippen LogP contribution in [0, 0.1) is 5.92 Å². The number of carbonyl (C=O) groups is 1. The standard InChI is InChI=1S/C11H11Cl2N3O/c12-8-6-9(16-11(13)14-8)15-10(17)7-4-2-1-3-5-7/h1-2,6-7H,3-5H2,(H,14,15,16,17). The average molecular weight is 272 g/mol. The van der Waals surface area contributed by atoms with Gasteiger partial charge in [0.2, 0.25) is 11.2 Å². The smallest absolute Gasteiger partial charge is 0.228 e. The van der Waals surface area contributed by atoms with Crippen LogP contribution in [-0.4, -0.2) is 15.9 Å². The van der Waals surface area contributed by atoms with Crippen molar-refractivity contribution >= 4 is 34.9 Å². The number of carbonyl (C=O) groups excluding carboxylic acids is 1. The molecule has 0 saturated carbocycles. The van der Waals surface area contributed by atoms with Gasteiger partial charge in [-0.25, -0.2) is 9.97 Å². The number of aromatic nitrogens is 2. The first-order valence-corrected chi connectivity index (χ1v) is 6.06. The van der Waals surface area contributed by atoms with E-state index in [1.54, 1.807) is 0 Å². The van der Waals surface area contributed by atoms with Crippen molar-refractivity contribution in [1.82, 2.24) is 9.97 Å². The molecular formula is C11H11Cl2N3O. The monoisotopic (exact) mass is 271 g/mol. The summed E-state index contributed by atoms with van der Waals surface area (Å²) in [6.45, 7) is 0. The van der Waals surface area contributed by atoms with E-state index in [0.29, 0.717) is 5.82 Å². The number of hydrogen-bond donors (Lipinski definition) is 1. The molecule has 0 aliphatic heterocycles. The second-order valence-electron chi connectivity index (χ2n) is 3.82. The zero-order valence-electron chi connectivity index (χ0n) is 8.99. The fourth-order valence-electron chi connectivity index (χ4n) is 1.71. The highest BCUT2D eigenvalue weighted by atomic mass is 35.5. The summed E-state index contributed by atoms with van der Waals surface area (Å²) in [4.78, 5) is 19.5. The second-order valence-corrected chi connectivity index (χ2v) is 4.54. The van der Waals surface area contributed by atoms with Gasteiger partial charge >= 0.3 is 0 Å². The van der Waals surface area contributed by atoms with Crippen molar-refractivity contribution in [1.29, 1.82) is 0 Å². The Morgan fingerprint density at radius 3 is 2.82 bits per heavy atom. The number of nitrogens with one attached hydrogen (secondary N) is 1. The number of amides is 1. The maximum atomic E-state index is 11.9. The molecule has 0 bridgehead atoms. The summed E-state index contributed by atoms with van der Waals surface area (Å²) in [7, 11) is 0. The van der Waals surface area contributed by atoms with Crippen LogP contribution in [0.5, 0.6) is 0 Å². The van der Waals surface area contributed by atoms with Gasteiger partial charge in [-0.2, -0.15) is 0 Å². The highest BCUT2D eigenvalue weighted by Gasteiger charge is 2.19. The Balaban J connectivity index is 2.04. The first kappa shape index (κ1) is 12.3. The SMILES string of the molecule is O=C(Nc1cc(Cl)nc(Cl)n1)C1CC=CCC1. The minimum absolute atomic E-state index is 0.00693. The zero-order chi connectivity index (χ0) is 12.3. The van der Waals surface area contributed by atoms with E-state index in [0.717, 1.165) is 19.3 Å². The molecule has 1 heterocycles. The van der Waals surface area contributed by atoms with E-state index >= 15 is 0 Å². The Hall–Kier alpha value is -1.13. The first-order valence-electron chi connectivity index (χ1n) is 5.31. The van der Waals surface area contributed by atoms with Crippen LogP contribution in [0.15, 0.2) is 18.2 Å². The van der Waals surface area contributed by atoms with E-state index in [1.165, 1.54) is 6.07 Å². The molecule has 0 aromatic carbocycles. The minimum atomic E-state index is -0.0554. The van der Waals surface area contributed by atoms with Gasteiger partial charge in [0.15, 0.2) is 0 Å². The summed E-state index contributed by atoms with van der Waals surface area (Å²) in [5.41, 5.74) is 0. The molecule has 90 valence electrons. The maximum absolute atomic E-state index is 11.9. The van der Waals surface area contributed by atoms with E-state index in [-0.39, 0.29) is 22.3 Å². The highest BCUT2D eigenvalue weighted by Crippen LogP contribution is 2.21. The third kappa shape index (κ3) is 3.41. The van der Waals surface area contributed by atoms with E-state index in [1.807, 2.05) is 6.08 Å². The fourth-order valence-corrected chi connectivity index (χ4v) is 2.12. The lowest BCUT2D eigenvalue weighted by molar-refractivity contribution is -0.120. The number of hydrogen-bond acceptors (Lipinski definition) is 3. The Morgan fingerprint density at radius 2 is 2.18 bits per heavy atom. The predicted molar refractivity (Wildman–Crippen MR) is 67.2 cm³/mol. The topological polar surface area (TPSA) is 54.9 Å². The van der Waals surface area contributed by atoms with Gasteiger partial charge in [-0.15, -0.1) is 0 Å². The van der Waals surface area contributed by atoms with Gasteiger partial charge in [0, 0.05) is 12.0 Å². The normalized spacial score (nSPS) is 19.1. The number of anilines is 1. The summed E-state index contributed by atoms with van der Waals surface area (Å²) >= 11 is 11.4. The van der Waals surface area contributed by atoms with Crippen LogP contribution in [0.3, 0.4) is 0 Å². The van der Waals surface area contributed by atoms with Crippen LogP contribution >= 0.6 is 23.2 Å². The van der Waals surface area contributed by atoms with E-state index in [9.17, 15) is 4.79 Å². The Kier molecular flexibility index (Phi) is 3.97. The van der Waals surface area contributed by atoms with Crippen LogP contribution in [0.2, 0.25) is 10.4 Å². The minimum Gasteiger partial charge on any atom is -0.310 e. The molecular weight excluding hydrogens is 261 g/mol. The summed E-state index contributed by atoms with van der Waals surface area (Å²) in [6.07, 6.45) is 6.66. The lowest BCUT2D eigenvalue weighted by atomic mass is 9.94. The molecule has 1 aromatic rings. The number of allylic oxidation sites excluding steroid dienone is 2. The Labute approximate surface area is 109 Å². The molecule has 0 fully saturated rings. The predicted octanol–water partition coefficient (Wildman–Crippen LogP) is 3.08. The van der Waals surface area contributed by atoms with Gasteiger partial charge in [0.1, 0.15) is 11.0 Å². The van der Waals surface area contributed by atoms with Crippen LogP contribution in [0.1, 0.15) is 19.3 Å². The maximum Gasteiger partial charge on any atom is 0.228 e. The van der Waals surface area contributed by atoms with Crippen LogP contribution in [0.25, 0.3) is 0 Å². The van der Waals surface area contributed by atoms with Crippen molar-refractivity contribution in [3.8, 4) is 0 Å². The van der Waals surface area contributed by atoms with Crippen molar-refractivity contribution < 1.29 is 4.79 Å². The summed E-state index contributed by atoms with van der Waals surface area (Å²) in [6, 6.07) is 1.48. The summed E-state index contributed by atoms with van der Waals surface area (Å²) < 4.78 is 0. The van der Waals surface area contributed by atoms with Crippen molar-refractivity contribution in [2.24, 2.45) is 5.92 Å². The van der Waals surface area contributed by atoms with Gasteiger partial charge in [-0.3, -0.25) is 4.79 Å². The highest BCUT2D eigenvalue weighted by molar-refractivity contribution is 6.32. The van der Waals surface area contributed by atoms with Gasteiger partial charge in [0.25, 0.3) is 0 Å². The molecule has 0 spiro atoms. The molecule has 1 aliphatic carbocycles. The van der Waals surface area contributed by atoms with E-state index in [2.05, 4.69) is 21.4 Å². The van der Waals surface area contributed by atoms with Gasteiger partial charge in [0.05, 0.1) is 0 Å². The molecule has 1 amide bonds. The van der Waals surface area contributed by atoms with Crippen LogP contribution in [0.4, 0.5) is 5.82 Å². The lowest BCUT2D eigenvalue weighted by Crippen LogP contribution is -2.24. The van der Waals surface area contributed by atoms with Gasteiger partial charge in [-0.1, -0.05) is 23.8 Å². The second kappa shape index (κ2) is 5.47. The molecule has 0 saturated heterocycles. The van der Waals surface area contributed by atoms with Crippen molar-refractivity contribution in [2.75, 3.05) is 5.32 Å². The average Bonchev–Trinajstić information content (AvgIpc) is 2.28. The van der Waals surface area contributed by atoms with Crippen LogP contribution < -0.4 is 5.32 Å². The van der Waals surface area contributed by atoms with Gasteiger partial charge < -0.3 is 5.32 Å². The molecule has 1 aliphatic rings. The molecule has 4 nitrogen and oxygen atoms in total. The van der Waals surface area contributed by atoms with E-state index in [4.69, 9.17) is 23.2 Å². The Bertz CT molecular complexity index is 442. The number of rotatable bonds is 2. The molecule has 6 heteroatoms. The van der Waals surface area contributed by atoms with Crippen molar-refractivity contribution in [3.05, 3.63) is 28.7 Å². The van der Waals surface area contributed by atoms with Gasteiger partial charge in [-0.05, 0) is 30.9 Å². The fraction of sp³-hybridized carbons (Fsp3) is 0.364. The summed E-state index contributed by atoms with van der Waals surface area (Å²) in [5, 5.41) is 2.94. The van der Waals surface area contributed by atoms with Crippen LogP contribution in [-0.2, 0) is 4.79 Å². The van der Waals surface area contributed by atoms with Crippen molar-refractivity contribution in [2.45, 2.75) is 19.3 Å². The molecule has 1 unspecified atom stereocenters. The molecule has 2 rings (SSSR count). The summed E-state index contributed by atoms with van der Waals surface area (Å²) in [5.74, 6) is 0.280. The van der Waals surface area contributed by atoms with Crippen molar-refractivity contribution in [3.63, 3.8) is 0 Å².